The molecule has 0 saturated carbocycles. The molecule has 1 unspecified atom stereocenters. The second kappa shape index (κ2) is 4.28. The predicted molar refractivity (Wildman–Crippen MR) is 62.0 cm³/mol. The molecule has 2 N–H and O–H groups in total. The van der Waals surface area contributed by atoms with Crippen molar-refractivity contribution < 1.29 is 14.7 Å². The van der Waals surface area contributed by atoms with Gasteiger partial charge in [-0.3, -0.25) is 10.1 Å². The van der Waals surface area contributed by atoms with Gasteiger partial charge in [0, 0.05) is 20.1 Å². The third-order valence-corrected chi connectivity index (χ3v) is 3.21. The lowest BCUT2D eigenvalue weighted by molar-refractivity contribution is -0.146. The average Bonchev–Trinajstić information content (AvgIpc) is 2.87. The van der Waals surface area contributed by atoms with Gasteiger partial charge in [-0.15, -0.1) is 0 Å². The van der Waals surface area contributed by atoms with Gasteiger partial charge in [0.15, 0.2) is 0 Å². The first-order valence-corrected chi connectivity index (χ1v) is 5.56. The highest BCUT2D eigenvalue weighted by atomic mass is 16.4. The zero-order chi connectivity index (χ0) is 13.3. The minimum Gasteiger partial charge on any atom is -0.481 e. The molecule has 1 atom stereocenters. The average molecular weight is 253 g/mol. The van der Waals surface area contributed by atoms with Gasteiger partial charge >= 0.3 is 12.0 Å². The van der Waals surface area contributed by atoms with Crippen LogP contribution in [0.25, 0.3) is 0 Å². The van der Waals surface area contributed by atoms with Crippen molar-refractivity contribution in [3.63, 3.8) is 0 Å². The molecule has 1 aliphatic rings. The Kier molecular flexibility index (Phi) is 2.93. The first kappa shape index (κ1) is 12.3. The summed E-state index contributed by atoms with van der Waals surface area (Å²) in [6.07, 6.45) is 1.79. The molecule has 0 aromatic carbocycles. The van der Waals surface area contributed by atoms with Gasteiger partial charge in [-0.05, 0) is 13.3 Å². The molecule has 1 fully saturated rings. The van der Waals surface area contributed by atoms with E-state index < -0.39 is 11.4 Å². The Balaban J connectivity index is 2.00. The van der Waals surface area contributed by atoms with Gasteiger partial charge < -0.3 is 10.0 Å². The summed E-state index contributed by atoms with van der Waals surface area (Å²) < 4.78 is 1.43. The van der Waals surface area contributed by atoms with Crippen molar-refractivity contribution in [3.05, 3.63) is 6.33 Å². The Bertz CT molecular complexity index is 486. The number of nitrogens with zero attached hydrogens (tertiary/aromatic N) is 4. The molecule has 2 amide bonds. The van der Waals surface area contributed by atoms with Crippen LogP contribution in [0, 0.1) is 5.41 Å². The van der Waals surface area contributed by atoms with Crippen LogP contribution in [-0.2, 0) is 11.8 Å². The van der Waals surface area contributed by atoms with Crippen molar-refractivity contribution in [1.82, 2.24) is 19.7 Å². The highest BCUT2D eigenvalue weighted by molar-refractivity contribution is 5.88. The van der Waals surface area contributed by atoms with E-state index in [0.29, 0.717) is 18.9 Å². The fraction of sp³-hybridized carbons (Fsp3) is 0.600. The fourth-order valence-corrected chi connectivity index (χ4v) is 1.89. The minimum absolute atomic E-state index is 0.200. The zero-order valence-corrected chi connectivity index (χ0v) is 10.3. The summed E-state index contributed by atoms with van der Waals surface area (Å²) in [7, 11) is 1.66. The Morgan fingerprint density at radius 1 is 1.56 bits per heavy atom. The van der Waals surface area contributed by atoms with Crippen LogP contribution < -0.4 is 5.32 Å². The summed E-state index contributed by atoms with van der Waals surface area (Å²) in [5.41, 5.74) is -0.864. The third-order valence-electron chi connectivity index (χ3n) is 3.21. The standard InChI is InChI=1S/C10H15N5O3/c1-10(7(16)17)3-4-15(5-10)9(18)13-8-11-6-12-14(8)2/h6H,3-5H2,1-2H3,(H,16,17)(H,11,12,13,18). The minimum atomic E-state index is -0.878. The van der Waals surface area contributed by atoms with Crippen molar-refractivity contribution in [2.24, 2.45) is 12.5 Å². The number of hydrogen-bond acceptors (Lipinski definition) is 4. The molecular formula is C10H15N5O3. The molecule has 1 aromatic rings. The number of likely N-dealkylation sites (tertiary alicyclic amines) is 1. The quantitative estimate of drug-likeness (QED) is 0.781. The molecular weight excluding hydrogens is 238 g/mol. The van der Waals surface area contributed by atoms with Crippen molar-refractivity contribution in [3.8, 4) is 0 Å². The van der Waals surface area contributed by atoms with E-state index in [1.54, 1.807) is 14.0 Å². The number of nitrogens with one attached hydrogen (secondary N) is 1. The van der Waals surface area contributed by atoms with Crippen LogP contribution in [0.2, 0.25) is 0 Å². The van der Waals surface area contributed by atoms with Crippen LogP contribution in [0.5, 0.6) is 0 Å². The van der Waals surface area contributed by atoms with Crippen LogP contribution in [0.4, 0.5) is 10.7 Å². The van der Waals surface area contributed by atoms with E-state index >= 15 is 0 Å². The molecule has 8 heteroatoms. The van der Waals surface area contributed by atoms with E-state index in [9.17, 15) is 9.59 Å². The Hall–Kier alpha value is -2.12. The van der Waals surface area contributed by atoms with E-state index in [2.05, 4.69) is 15.4 Å². The number of carbonyl (C=O) groups is 2. The molecule has 98 valence electrons. The van der Waals surface area contributed by atoms with Gasteiger partial charge in [-0.2, -0.15) is 10.1 Å². The molecule has 1 saturated heterocycles. The first-order chi connectivity index (χ1) is 8.42. The number of amides is 2. The topological polar surface area (TPSA) is 100 Å². The van der Waals surface area contributed by atoms with Crippen molar-refractivity contribution in [2.45, 2.75) is 13.3 Å². The second-order valence-electron chi connectivity index (χ2n) is 4.67. The maximum Gasteiger partial charge on any atom is 0.324 e. The number of aliphatic carboxylic acids is 1. The molecule has 0 spiro atoms. The number of carboxylic acids is 1. The van der Waals surface area contributed by atoms with Crippen LogP contribution in [-0.4, -0.2) is 49.9 Å². The number of aryl methyl sites for hydroxylation is 1. The van der Waals surface area contributed by atoms with Crippen LogP contribution in [0.15, 0.2) is 6.33 Å². The maximum atomic E-state index is 11.9. The smallest absolute Gasteiger partial charge is 0.324 e. The largest absolute Gasteiger partial charge is 0.481 e. The van der Waals surface area contributed by atoms with E-state index in [1.807, 2.05) is 0 Å². The summed E-state index contributed by atoms with van der Waals surface area (Å²) in [5.74, 6) is -0.541. The maximum absolute atomic E-state index is 11.9. The number of carbonyl (C=O) groups excluding carboxylic acids is 1. The Morgan fingerprint density at radius 3 is 2.78 bits per heavy atom. The number of carboxylic acid groups (broad SMARTS) is 1. The molecule has 2 heterocycles. The van der Waals surface area contributed by atoms with Crippen molar-refractivity contribution in [1.29, 1.82) is 0 Å². The van der Waals surface area contributed by atoms with Gasteiger partial charge in [0.1, 0.15) is 6.33 Å². The Morgan fingerprint density at radius 2 is 2.28 bits per heavy atom. The lowest BCUT2D eigenvalue weighted by atomic mass is 9.90. The first-order valence-electron chi connectivity index (χ1n) is 5.56. The summed E-state index contributed by atoms with van der Waals surface area (Å²) in [6.45, 7) is 2.27. The number of aromatic nitrogens is 3. The van der Waals surface area contributed by atoms with Gasteiger partial charge in [0.05, 0.1) is 5.41 Å². The lowest BCUT2D eigenvalue weighted by Crippen LogP contribution is -2.37. The lowest BCUT2D eigenvalue weighted by Gasteiger charge is -2.20. The Labute approximate surface area is 104 Å². The monoisotopic (exact) mass is 253 g/mol. The van der Waals surface area contributed by atoms with E-state index in [4.69, 9.17) is 5.11 Å². The van der Waals surface area contributed by atoms with Gasteiger partial charge in [-0.1, -0.05) is 0 Å². The highest BCUT2D eigenvalue weighted by Crippen LogP contribution is 2.30. The summed E-state index contributed by atoms with van der Waals surface area (Å²) in [6, 6.07) is -0.351. The molecule has 0 bridgehead atoms. The normalized spacial score (nSPS) is 23.1. The van der Waals surface area contributed by atoms with Crippen LogP contribution in [0.3, 0.4) is 0 Å². The van der Waals surface area contributed by atoms with E-state index in [-0.39, 0.29) is 12.6 Å². The molecule has 2 rings (SSSR count). The molecule has 18 heavy (non-hydrogen) atoms. The predicted octanol–water partition coefficient (Wildman–Crippen LogP) is 0.144. The molecule has 0 aliphatic carbocycles. The number of hydrogen-bond donors (Lipinski definition) is 2. The number of urea groups is 1. The van der Waals surface area contributed by atoms with Crippen LogP contribution >= 0.6 is 0 Å². The van der Waals surface area contributed by atoms with Gasteiger partial charge in [0.2, 0.25) is 5.95 Å². The summed E-state index contributed by atoms with van der Waals surface area (Å²) in [4.78, 5) is 28.3. The summed E-state index contributed by atoms with van der Waals surface area (Å²) >= 11 is 0. The third kappa shape index (κ3) is 2.13. The highest BCUT2D eigenvalue weighted by Gasteiger charge is 2.42. The molecule has 8 nitrogen and oxygen atoms in total. The number of rotatable bonds is 2. The second-order valence-corrected chi connectivity index (χ2v) is 4.67. The molecule has 1 aliphatic heterocycles. The zero-order valence-electron chi connectivity index (χ0n) is 10.3. The molecule has 0 radical (unpaired) electrons. The van der Waals surface area contributed by atoms with Crippen LogP contribution in [0.1, 0.15) is 13.3 Å². The van der Waals surface area contributed by atoms with Crippen molar-refractivity contribution >= 4 is 17.9 Å². The fourth-order valence-electron chi connectivity index (χ4n) is 1.89. The van der Waals surface area contributed by atoms with Crippen molar-refractivity contribution in [2.75, 3.05) is 18.4 Å². The molecule has 1 aromatic heterocycles. The van der Waals surface area contributed by atoms with E-state index in [1.165, 1.54) is 15.9 Å². The number of anilines is 1. The SMILES string of the molecule is Cn1ncnc1NC(=O)N1CCC(C)(C(=O)O)C1. The summed E-state index contributed by atoms with van der Waals surface area (Å²) in [5, 5.41) is 15.5. The van der Waals surface area contributed by atoms with Gasteiger partial charge in [-0.25, -0.2) is 9.48 Å². The van der Waals surface area contributed by atoms with E-state index in [0.717, 1.165) is 0 Å². The van der Waals surface area contributed by atoms with Gasteiger partial charge in [0.25, 0.3) is 0 Å².